The molecule has 0 bridgehead atoms. The van der Waals surface area contributed by atoms with Crippen molar-refractivity contribution in [3.63, 3.8) is 0 Å². The van der Waals surface area contributed by atoms with E-state index in [4.69, 9.17) is 4.74 Å². The number of benzene rings is 1. The number of likely N-dealkylation sites (tertiary alicyclic amines) is 1. The summed E-state index contributed by atoms with van der Waals surface area (Å²) in [6.45, 7) is 6.17. The molecule has 1 atom stereocenters. The van der Waals surface area contributed by atoms with Gasteiger partial charge in [-0.25, -0.2) is 4.98 Å². The number of amides is 1. The van der Waals surface area contributed by atoms with Crippen molar-refractivity contribution in [2.24, 2.45) is 5.92 Å². The molecule has 2 heterocycles. The predicted octanol–water partition coefficient (Wildman–Crippen LogP) is 3.73. The highest BCUT2D eigenvalue weighted by atomic mass is 32.1. The second kappa shape index (κ2) is 7.87. The fraction of sp³-hybridized carbons (Fsp3) is 0.474. The minimum atomic E-state index is 0.0940. The number of hydrogen-bond acceptors (Lipinski definition) is 5. The largest absolute Gasteiger partial charge is 0.493 e. The molecule has 25 heavy (non-hydrogen) atoms. The van der Waals surface area contributed by atoms with Gasteiger partial charge in [-0.3, -0.25) is 4.79 Å². The number of nitrogens with zero attached hydrogens (tertiary/aromatic N) is 2. The molecule has 0 spiro atoms. The van der Waals surface area contributed by atoms with Crippen molar-refractivity contribution in [3.8, 4) is 5.75 Å². The number of anilines is 1. The standard InChI is InChI=1S/C19H25N3O2S/c1-13-6-8-16(9-7-13)24-12-15-5-4-10-22(11-15)18(23)17-14(2)21-19(20-3)25-17/h6-9,15H,4-5,10-12H2,1-3H3,(H,20,21)/t15-/m1/s1. The van der Waals surface area contributed by atoms with Gasteiger partial charge in [0.15, 0.2) is 5.13 Å². The van der Waals surface area contributed by atoms with Crippen molar-refractivity contribution in [3.05, 3.63) is 40.4 Å². The average molecular weight is 359 g/mol. The van der Waals surface area contributed by atoms with Gasteiger partial charge in [-0.1, -0.05) is 29.0 Å². The highest BCUT2D eigenvalue weighted by Crippen LogP contribution is 2.26. The first kappa shape index (κ1) is 17.7. The summed E-state index contributed by atoms with van der Waals surface area (Å²) in [6, 6.07) is 8.11. The number of piperidine rings is 1. The maximum Gasteiger partial charge on any atom is 0.265 e. The molecule has 1 aliphatic rings. The first-order valence-electron chi connectivity index (χ1n) is 8.70. The summed E-state index contributed by atoms with van der Waals surface area (Å²) < 4.78 is 5.92. The minimum Gasteiger partial charge on any atom is -0.493 e. The Morgan fingerprint density at radius 3 is 2.80 bits per heavy atom. The van der Waals surface area contributed by atoms with E-state index in [9.17, 15) is 4.79 Å². The van der Waals surface area contributed by atoms with Gasteiger partial charge in [-0.15, -0.1) is 0 Å². The van der Waals surface area contributed by atoms with Crippen LogP contribution in [-0.4, -0.2) is 42.5 Å². The van der Waals surface area contributed by atoms with Crippen molar-refractivity contribution in [2.75, 3.05) is 32.1 Å². The number of rotatable bonds is 5. The Morgan fingerprint density at radius 2 is 2.12 bits per heavy atom. The van der Waals surface area contributed by atoms with Gasteiger partial charge in [0.2, 0.25) is 0 Å². The lowest BCUT2D eigenvalue weighted by Gasteiger charge is -2.32. The maximum atomic E-state index is 12.8. The third-order valence-corrected chi connectivity index (χ3v) is 5.68. The van der Waals surface area contributed by atoms with Gasteiger partial charge >= 0.3 is 0 Å². The van der Waals surface area contributed by atoms with Crippen LogP contribution in [0.2, 0.25) is 0 Å². The number of hydrogen-bond donors (Lipinski definition) is 1. The van der Waals surface area contributed by atoms with Gasteiger partial charge in [0, 0.05) is 26.1 Å². The van der Waals surface area contributed by atoms with E-state index < -0.39 is 0 Å². The molecule has 0 aliphatic carbocycles. The molecule has 1 amide bonds. The Kier molecular flexibility index (Phi) is 5.58. The molecular formula is C19H25N3O2S. The molecule has 1 aromatic heterocycles. The molecule has 5 nitrogen and oxygen atoms in total. The van der Waals surface area contributed by atoms with Crippen molar-refractivity contribution < 1.29 is 9.53 Å². The molecule has 1 aromatic carbocycles. The minimum absolute atomic E-state index is 0.0940. The molecule has 0 saturated carbocycles. The van der Waals surface area contributed by atoms with Gasteiger partial charge < -0.3 is 15.0 Å². The highest BCUT2D eigenvalue weighted by Gasteiger charge is 2.27. The van der Waals surface area contributed by atoms with Crippen molar-refractivity contribution in [1.29, 1.82) is 0 Å². The summed E-state index contributed by atoms with van der Waals surface area (Å²) in [5, 5.41) is 3.80. The monoisotopic (exact) mass is 359 g/mol. The van der Waals surface area contributed by atoms with Crippen LogP contribution in [-0.2, 0) is 0 Å². The van der Waals surface area contributed by atoms with Crippen LogP contribution < -0.4 is 10.1 Å². The summed E-state index contributed by atoms with van der Waals surface area (Å²) in [4.78, 5) is 19.9. The van der Waals surface area contributed by atoms with Gasteiger partial charge in [-0.05, 0) is 38.8 Å². The fourth-order valence-electron chi connectivity index (χ4n) is 3.08. The average Bonchev–Trinajstić information content (AvgIpc) is 3.02. The summed E-state index contributed by atoms with van der Waals surface area (Å²) in [5.41, 5.74) is 2.03. The third-order valence-electron chi connectivity index (χ3n) is 4.52. The van der Waals surface area contributed by atoms with Crippen LogP contribution in [0.3, 0.4) is 0 Å². The number of nitrogens with one attached hydrogen (secondary N) is 1. The molecule has 1 fully saturated rings. The van der Waals surface area contributed by atoms with Gasteiger partial charge in [0.25, 0.3) is 5.91 Å². The molecule has 0 unspecified atom stereocenters. The summed E-state index contributed by atoms with van der Waals surface area (Å²) in [5.74, 6) is 1.36. The van der Waals surface area contributed by atoms with Crippen LogP contribution in [0.5, 0.6) is 5.75 Å². The van der Waals surface area contributed by atoms with E-state index in [-0.39, 0.29) is 5.91 Å². The highest BCUT2D eigenvalue weighted by molar-refractivity contribution is 7.17. The van der Waals surface area contributed by atoms with Gasteiger partial charge in [0.05, 0.1) is 12.3 Å². The number of aryl methyl sites for hydroxylation is 2. The zero-order valence-electron chi connectivity index (χ0n) is 15.0. The second-order valence-corrected chi connectivity index (χ2v) is 7.57. The topological polar surface area (TPSA) is 54.5 Å². The number of thiazole rings is 1. The van der Waals surface area contributed by atoms with E-state index in [1.807, 2.05) is 31.0 Å². The lowest BCUT2D eigenvalue weighted by molar-refractivity contribution is 0.0637. The Balaban J connectivity index is 1.59. The zero-order valence-corrected chi connectivity index (χ0v) is 15.9. The van der Waals surface area contributed by atoms with Crippen molar-refractivity contribution in [2.45, 2.75) is 26.7 Å². The molecule has 134 valence electrons. The van der Waals surface area contributed by atoms with Crippen LogP contribution in [0.25, 0.3) is 0 Å². The van der Waals surface area contributed by atoms with E-state index in [0.717, 1.165) is 47.4 Å². The Morgan fingerprint density at radius 1 is 1.36 bits per heavy atom. The van der Waals surface area contributed by atoms with Crippen LogP contribution in [0.15, 0.2) is 24.3 Å². The van der Waals surface area contributed by atoms with E-state index in [2.05, 4.69) is 29.4 Å². The zero-order chi connectivity index (χ0) is 17.8. The smallest absolute Gasteiger partial charge is 0.265 e. The maximum absolute atomic E-state index is 12.8. The Bertz CT molecular complexity index is 727. The number of ether oxygens (including phenoxy) is 1. The van der Waals surface area contributed by atoms with Crippen LogP contribution >= 0.6 is 11.3 Å². The van der Waals surface area contributed by atoms with E-state index in [1.165, 1.54) is 16.9 Å². The molecule has 3 rings (SSSR count). The lowest BCUT2D eigenvalue weighted by atomic mass is 9.98. The molecule has 1 aliphatic heterocycles. The fourth-order valence-corrected chi connectivity index (χ4v) is 3.97. The first-order valence-corrected chi connectivity index (χ1v) is 9.52. The van der Waals surface area contributed by atoms with Crippen LogP contribution in [0.4, 0.5) is 5.13 Å². The van der Waals surface area contributed by atoms with Crippen LogP contribution in [0.1, 0.15) is 33.8 Å². The van der Waals surface area contributed by atoms with E-state index in [0.29, 0.717) is 12.5 Å². The van der Waals surface area contributed by atoms with E-state index >= 15 is 0 Å². The Hall–Kier alpha value is -2.08. The van der Waals surface area contributed by atoms with Crippen LogP contribution in [0, 0.1) is 19.8 Å². The normalized spacial score (nSPS) is 17.4. The number of carbonyl (C=O) groups excluding carboxylic acids is 1. The lowest BCUT2D eigenvalue weighted by Crippen LogP contribution is -2.41. The Labute approximate surface area is 153 Å². The SMILES string of the molecule is CNc1nc(C)c(C(=O)N2CCC[C@@H](COc3ccc(C)cc3)C2)s1. The van der Waals surface area contributed by atoms with Crippen molar-refractivity contribution in [1.82, 2.24) is 9.88 Å². The molecule has 1 saturated heterocycles. The molecule has 0 radical (unpaired) electrons. The third kappa shape index (κ3) is 4.31. The van der Waals surface area contributed by atoms with E-state index in [1.54, 1.807) is 0 Å². The quantitative estimate of drug-likeness (QED) is 0.884. The van der Waals surface area contributed by atoms with Crippen molar-refractivity contribution >= 4 is 22.4 Å². The summed E-state index contributed by atoms with van der Waals surface area (Å²) >= 11 is 1.43. The predicted molar refractivity (Wildman–Crippen MR) is 102 cm³/mol. The molecule has 6 heteroatoms. The molecular weight excluding hydrogens is 334 g/mol. The second-order valence-electron chi connectivity index (χ2n) is 6.57. The molecule has 1 N–H and O–H groups in total. The number of carbonyl (C=O) groups is 1. The van der Waals surface area contributed by atoms with Gasteiger partial charge in [0.1, 0.15) is 10.6 Å². The first-order chi connectivity index (χ1) is 12.1. The molecule has 2 aromatic rings. The summed E-state index contributed by atoms with van der Waals surface area (Å²) in [6.07, 6.45) is 2.11. The van der Waals surface area contributed by atoms with Gasteiger partial charge in [-0.2, -0.15) is 0 Å². The number of aromatic nitrogens is 1. The summed E-state index contributed by atoms with van der Waals surface area (Å²) in [7, 11) is 1.83.